The molecule has 0 aliphatic carbocycles. The number of phenols is 1. The van der Waals surface area contributed by atoms with Gasteiger partial charge in [-0.25, -0.2) is 4.79 Å². The zero-order valence-corrected chi connectivity index (χ0v) is 23.0. The number of fused-ring (bicyclic) bond motifs is 2. The average molecular weight is 537 g/mol. The quantitative estimate of drug-likeness (QED) is 0.368. The first kappa shape index (κ1) is 28.2. The van der Waals surface area contributed by atoms with Gasteiger partial charge < -0.3 is 24.1 Å². The monoisotopic (exact) mass is 536 g/mol. The molecule has 0 radical (unpaired) electrons. The molecule has 0 saturated heterocycles. The summed E-state index contributed by atoms with van der Waals surface area (Å²) in [5, 5.41) is 11.6. The number of ketones is 1. The van der Waals surface area contributed by atoms with E-state index < -0.39 is 24.0 Å². The van der Waals surface area contributed by atoms with E-state index in [0.29, 0.717) is 66.7 Å². The van der Waals surface area contributed by atoms with Gasteiger partial charge in [0.15, 0.2) is 11.5 Å². The summed E-state index contributed by atoms with van der Waals surface area (Å²) in [7, 11) is 1.54. The standard InChI is InChI=1S/C31H36O8/c1-18(2)37-24-14-13-20(15-25(24)36-4)23-17-27(33)39-26-16-21-10-6-5-7-11-22(32)12-8-9-19(3)38-31(35)28(21)30(34)29(23)26/h6,10,13-16,18-19,23,34H,5,7-9,11-12,17H2,1-4H3/b10-6+. The smallest absolute Gasteiger partial charge is 0.342 e. The van der Waals surface area contributed by atoms with Crippen LogP contribution in [0.15, 0.2) is 30.3 Å². The third-order valence-electron chi connectivity index (χ3n) is 6.93. The van der Waals surface area contributed by atoms with Gasteiger partial charge >= 0.3 is 11.9 Å². The number of hydrogen-bond acceptors (Lipinski definition) is 8. The fourth-order valence-electron chi connectivity index (χ4n) is 5.06. The van der Waals surface area contributed by atoms with E-state index in [1.165, 1.54) is 7.11 Å². The van der Waals surface area contributed by atoms with Gasteiger partial charge in [0, 0.05) is 24.3 Å². The molecule has 0 aromatic heterocycles. The summed E-state index contributed by atoms with van der Waals surface area (Å²) in [5.41, 5.74) is 1.47. The number of cyclic esters (lactones) is 1. The summed E-state index contributed by atoms with van der Waals surface area (Å²) in [4.78, 5) is 38.1. The molecule has 8 nitrogen and oxygen atoms in total. The number of phenolic OH excluding ortho intramolecular Hbond substituents is 1. The van der Waals surface area contributed by atoms with Gasteiger partial charge in [-0.2, -0.15) is 0 Å². The highest BCUT2D eigenvalue weighted by Gasteiger charge is 2.36. The second kappa shape index (κ2) is 12.4. The molecule has 0 bridgehead atoms. The molecule has 2 aliphatic heterocycles. The zero-order chi connectivity index (χ0) is 28.1. The van der Waals surface area contributed by atoms with E-state index in [1.807, 2.05) is 26.0 Å². The number of benzene rings is 2. The van der Waals surface area contributed by atoms with Crippen molar-refractivity contribution in [3.8, 4) is 23.0 Å². The van der Waals surface area contributed by atoms with Crippen molar-refractivity contribution in [2.45, 2.75) is 83.8 Å². The first-order valence-corrected chi connectivity index (χ1v) is 13.5. The van der Waals surface area contributed by atoms with Crippen LogP contribution in [-0.2, 0) is 14.3 Å². The molecule has 2 aliphatic rings. The van der Waals surface area contributed by atoms with E-state index in [9.17, 15) is 19.5 Å². The molecule has 8 heteroatoms. The Balaban J connectivity index is 1.80. The van der Waals surface area contributed by atoms with Gasteiger partial charge in [-0.1, -0.05) is 18.2 Å². The predicted molar refractivity (Wildman–Crippen MR) is 146 cm³/mol. The molecule has 0 saturated carbocycles. The van der Waals surface area contributed by atoms with Gasteiger partial charge in [0.1, 0.15) is 22.8 Å². The van der Waals surface area contributed by atoms with Gasteiger partial charge in [-0.05, 0) is 75.8 Å². The first-order chi connectivity index (χ1) is 18.7. The Labute approximate surface area is 228 Å². The Morgan fingerprint density at radius 3 is 2.56 bits per heavy atom. The lowest BCUT2D eigenvalue weighted by Gasteiger charge is -2.28. The molecule has 0 amide bonds. The lowest BCUT2D eigenvalue weighted by Crippen LogP contribution is -2.23. The minimum Gasteiger partial charge on any atom is -0.507 e. The van der Waals surface area contributed by atoms with Crippen LogP contribution in [0.5, 0.6) is 23.0 Å². The number of carbonyl (C=O) groups excluding carboxylic acids is 3. The SMILES string of the molecule is COc1cc(C2CC(=O)Oc3cc4c(c(O)c32)C(=O)OC(C)CCCC(=O)CCC/C=C/4)ccc1OC(C)C. The lowest BCUT2D eigenvalue weighted by atomic mass is 9.83. The molecule has 1 N–H and O–H groups in total. The number of ether oxygens (including phenoxy) is 4. The Hall–Kier alpha value is -3.81. The molecule has 0 fully saturated rings. The maximum atomic E-state index is 13.4. The Morgan fingerprint density at radius 2 is 1.82 bits per heavy atom. The van der Waals surface area contributed by atoms with E-state index in [0.717, 1.165) is 0 Å². The number of hydrogen-bond donors (Lipinski definition) is 1. The molecular formula is C31H36O8. The number of aromatic hydroxyl groups is 1. The summed E-state index contributed by atoms with van der Waals surface area (Å²) in [5.74, 6) is -0.526. The Bertz CT molecular complexity index is 1280. The fraction of sp³-hybridized carbons (Fsp3) is 0.452. The van der Waals surface area contributed by atoms with Crippen molar-refractivity contribution in [1.82, 2.24) is 0 Å². The lowest BCUT2D eigenvalue weighted by molar-refractivity contribution is -0.135. The van der Waals surface area contributed by atoms with E-state index in [4.69, 9.17) is 18.9 Å². The summed E-state index contributed by atoms with van der Waals surface area (Å²) in [6, 6.07) is 6.97. The van der Waals surface area contributed by atoms with Crippen LogP contribution in [0.1, 0.15) is 98.7 Å². The number of allylic oxidation sites excluding steroid dienone is 1. The molecule has 2 aromatic rings. The van der Waals surface area contributed by atoms with Crippen LogP contribution >= 0.6 is 0 Å². The summed E-state index contributed by atoms with van der Waals surface area (Å²) in [6.07, 6.45) is 6.46. The molecule has 2 aromatic carbocycles. The van der Waals surface area contributed by atoms with Crippen molar-refractivity contribution in [1.29, 1.82) is 0 Å². The number of methoxy groups -OCH3 is 1. The molecule has 208 valence electrons. The van der Waals surface area contributed by atoms with Crippen LogP contribution in [0.2, 0.25) is 0 Å². The third kappa shape index (κ3) is 6.61. The third-order valence-corrected chi connectivity index (χ3v) is 6.93. The maximum absolute atomic E-state index is 13.4. The summed E-state index contributed by atoms with van der Waals surface area (Å²) in [6.45, 7) is 5.60. The molecule has 0 spiro atoms. The topological polar surface area (TPSA) is 108 Å². The predicted octanol–water partition coefficient (Wildman–Crippen LogP) is 6.11. The zero-order valence-electron chi connectivity index (χ0n) is 23.0. The highest BCUT2D eigenvalue weighted by atomic mass is 16.5. The largest absolute Gasteiger partial charge is 0.507 e. The molecule has 2 atom stereocenters. The van der Waals surface area contributed by atoms with Crippen molar-refractivity contribution >= 4 is 23.8 Å². The highest BCUT2D eigenvalue weighted by molar-refractivity contribution is 5.98. The molecule has 2 heterocycles. The van der Waals surface area contributed by atoms with Crippen molar-refractivity contribution in [3.05, 3.63) is 52.6 Å². The van der Waals surface area contributed by atoms with Crippen LogP contribution in [0.3, 0.4) is 0 Å². The second-order valence-corrected chi connectivity index (χ2v) is 10.4. The molecule has 2 unspecified atom stereocenters. The minimum absolute atomic E-state index is 0.0256. The number of Topliss-reactive ketones (excluding diaryl/α,β-unsaturated/α-hetero) is 1. The Morgan fingerprint density at radius 1 is 1.05 bits per heavy atom. The van der Waals surface area contributed by atoms with Gasteiger partial charge in [0.25, 0.3) is 0 Å². The number of carbonyl (C=O) groups is 3. The van der Waals surface area contributed by atoms with Gasteiger partial charge in [-0.15, -0.1) is 0 Å². The molecule has 4 rings (SSSR count). The first-order valence-electron chi connectivity index (χ1n) is 13.5. The van der Waals surface area contributed by atoms with Gasteiger partial charge in [-0.3, -0.25) is 9.59 Å². The highest BCUT2D eigenvalue weighted by Crippen LogP contribution is 2.48. The van der Waals surface area contributed by atoms with Crippen molar-refractivity contribution in [2.24, 2.45) is 0 Å². The van der Waals surface area contributed by atoms with Crippen LogP contribution < -0.4 is 14.2 Å². The van der Waals surface area contributed by atoms with Crippen molar-refractivity contribution in [3.63, 3.8) is 0 Å². The van der Waals surface area contributed by atoms with Gasteiger partial charge in [0.2, 0.25) is 0 Å². The summed E-state index contributed by atoms with van der Waals surface area (Å²) >= 11 is 0. The van der Waals surface area contributed by atoms with E-state index in [-0.39, 0.29) is 35.4 Å². The van der Waals surface area contributed by atoms with Crippen LogP contribution in [0.4, 0.5) is 0 Å². The second-order valence-electron chi connectivity index (χ2n) is 10.4. The minimum atomic E-state index is -0.667. The molecule has 39 heavy (non-hydrogen) atoms. The van der Waals surface area contributed by atoms with E-state index in [1.54, 1.807) is 31.2 Å². The normalized spacial score (nSPS) is 21.2. The number of rotatable bonds is 4. The number of esters is 2. The van der Waals surface area contributed by atoms with Crippen LogP contribution in [0, 0.1) is 0 Å². The van der Waals surface area contributed by atoms with Crippen molar-refractivity contribution in [2.75, 3.05) is 7.11 Å². The van der Waals surface area contributed by atoms with Gasteiger partial charge in [0.05, 0.1) is 25.7 Å². The Kier molecular flexibility index (Phi) is 8.94. The average Bonchev–Trinajstić information content (AvgIpc) is 2.87. The van der Waals surface area contributed by atoms with Crippen molar-refractivity contribution < 1.29 is 38.4 Å². The van der Waals surface area contributed by atoms with Crippen LogP contribution in [-0.4, -0.2) is 42.1 Å². The summed E-state index contributed by atoms with van der Waals surface area (Å²) < 4.78 is 22.6. The fourth-order valence-corrected chi connectivity index (χ4v) is 5.06. The maximum Gasteiger partial charge on any atom is 0.342 e. The van der Waals surface area contributed by atoms with E-state index >= 15 is 0 Å². The molecular weight excluding hydrogens is 500 g/mol. The van der Waals surface area contributed by atoms with E-state index in [2.05, 4.69) is 0 Å². The van der Waals surface area contributed by atoms with Crippen LogP contribution in [0.25, 0.3) is 6.08 Å².